The summed E-state index contributed by atoms with van der Waals surface area (Å²) in [6.07, 6.45) is 0.814. The Morgan fingerprint density at radius 3 is 2.69 bits per heavy atom. The van der Waals surface area contributed by atoms with Gasteiger partial charge in [-0.3, -0.25) is 4.90 Å². The maximum atomic E-state index is 15.3. The van der Waals surface area contributed by atoms with Crippen LogP contribution in [0.3, 0.4) is 0 Å². The van der Waals surface area contributed by atoms with E-state index in [-0.39, 0.29) is 18.6 Å². The summed E-state index contributed by atoms with van der Waals surface area (Å²) >= 11 is 0. The second-order valence-electron chi connectivity index (χ2n) is 10.1. The molecule has 4 heterocycles. The highest BCUT2D eigenvalue weighted by atomic mass is 19.1. The van der Waals surface area contributed by atoms with Gasteiger partial charge in [0, 0.05) is 43.5 Å². The fraction of sp³-hybridized carbons (Fsp3) is 0.577. The molecule has 2 aromatic heterocycles. The number of aryl methyl sites for hydroxylation is 2. The first-order chi connectivity index (χ1) is 17.3. The predicted octanol–water partition coefficient (Wildman–Crippen LogP) is 2.14. The van der Waals surface area contributed by atoms with Gasteiger partial charge in [-0.15, -0.1) is 0 Å². The van der Waals surface area contributed by atoms with E-state index in [9.17, 15) is 10.2 Å². The van der Waals surface area contributed by atoms with Crippen LogP contribution in [-0.4, -0.2) is 99.2 Å². The van der Waals surface area contributed by atoms with Crippen molar-refractivity contribution in [2.45, 2.75) is 51.5 Å². The Morgan fingerprint density at radius 1 is 1.14 bits per heavy atom. The van der Waals surface area contributed by atoms with E-state index >= 15 is 4.39 Å². The summed E-state index contributed by atoms with van der Waals surface area (Å²) in [6, 6.07) is 6.05. The first-order valence-electron chi connectivity index (χ1n) is 12.7. The number of nitrogens with zero attached hydrogens (tertiary/aromatic N) is 6. The van der Waals surface area contributed by atoms with Gasteiger partial charge in [0.1, 0.15) is 17.8 Å². The molecule has 2 aliphatic heterocycles. The third-order valence-corrected chi connectivity index (χ3v) is 7.20. The topological polar surface area (TPSA) is 99.8 Å². The Bertz CT molecular complexity index is 1220. The van der Waals surface area contributed by atoms with Gasteiger partial charge in [0.05, 0.1) is 37.1 Å². The number of benzene rings is 1. The third-order valence-electron chi connectivity index (χ3n) is 7.20. The van der Waals surface area contributed by atoms with Gasteiger partial charge in [-0.05, 0) is 57.0 Å². The zero-order chi connectivity index (χ0) is 25.4. The number of aromatic nitrogens is 4. The van der Waals surface area contributed by atoms with E-state index in [1.807, 2.05) is 31.0 Å². The molecular weight excluding hydrogens is 463 g/mol. The zero-order valence-electron chi connectivity index (χ0n) is 21.1. The second kappa shape index (κ2) is 10.4. The second-order valence-corrected chi connectivity index (χ2v) is 10.1. The van der Waals surface area contributed by atoms with Crippen LogP contribution in [0.2, 0.25) is 0 Å². The molecule has 5 rings (SSSR count). The molecule has 0 bridgehead atoms. The van der Waals surface area contributed by atoms with Crippen molar-refractivity contribution in [3.63, 3.8) is 0 Å². The van der Waals surface area contributed by atoms with E-state index in [2.05, 4.69) is 32.1 Å². The molecule has 194 valence electrons. The van der Waals surface area contributed by atoms with Gasteiger partial charge in [0.25, 0.3) is 0 Å². The van der Waals surface area contributed by atoms with Crippen LogP contribution in [-0.2, 0) is 4.74 Å². The number of rotatable bonds is 6. The van der Waals surface area contributed by atoms with Crippen LogP contribution in [0.1, 0.15) is 36.2 Å². The van der Waals surface area contributed by atoms with Gasteiger partial charge >= 0.3 is 0 Å². The largest absolute Gasteiger partial charge is 0.394 e. The number of piperidine rings is 1. The maximum absolute atomic E-state index is 15.3. The smallest absolute Gasteiger partial charge is 0.159 e. The van der Waals surface area contributed by atoms with Gasteiger partial charge in [-0.2, -0.15) is 5.10 Å². The standard InChI is InChI=1S/C26H35FN6O3/c1-16-8-19-11-28-33(24(19)9-22(16)21-4-5-31(12-17(2)35)14-23(21)27)26-10-25(29-18(3)30-26)32-6-7-36-20(13-32)15-34/h8-11,17,20-21,23,34-35H,4-7,12-15H2,1-3H3/t17?,20-,21+,23+/m0/s1. The molecule has 4 atom stereocenters. The lowest BCUT2D eigenvalue weighted by Gasteiger charge is -2.36. The van der Waals surface area contributed by atoms with E-state index in [1.54, 1.807) is 11.6 Å². The van der Waals surface area contributed by atoms with Gasteiger partial charge < -0.3 is 19.8 Å². The highest BCUT2D eigenvalue weighted by Crippen LogP contribution is 2.35. The van der Waals surface area contributed by atoms with Crippen LogP contribution in [0.15, 0.2) is 24.4 Å². The van der Waals surface area contributed by atoms with Crippen LogP contribution < -0.4 is 4.90 Å². The molecule has 0 aliphatic carbocycles. The summed E-state index contributed by atoms with van der Waals surface area (Å²) in [6.45, 7) is 8.94. The van der Waals surface area contributed by atoms with Crippen molar-refractivity contribution in [1.29, 1.82) is 0 Å². The van der Waals surface area contributed by atoms with Gasteiger partial charge in [0.2, 0.25) is 0 Å². The third kappa shape index (κ3) is 5.08. The molecule has 2 N–H and O–H groups in total. The molecule has 1 unspecified atom stereocenters. The van der Waals surface area contributed by atoms with E-state index in [0.717, 1.165) is 34.4 Å². The van der Waals surface area contributed by atoms with Crippen LogP contribution in [0.4, 0.5) is 10.2 Å². The molecule has 36 heavy (non-hydrogen) atoms. The number of halogens is 1. The Kier molecular flexibility index (Phi) is 7.21. The molecule has 9 nitrogen and oxygen atoms in total. The number of alkyl halides is 1. The van der Waals surface area contributed by atoms with E-state index in [0.29, 0.717) is 50.8 Å². The highest BCUT2D eigenvalue weighted by Gasteiger charge is 2.32. The number of aliphatic hydroxyl groups is 2. The monoisotopic (exact) mass is 498 g/mol. The summed E-state index contributed by atoms with van der Waals surface area (Å²) in [5.74, 6) is 1.84. The Labute approximate surface area is 210 Å². The highest BCUT2D eigenvalue weighted by molar-refractivity contribution is 5.82. The van der Waals surface area contributed by atoms with Crippen molar-refractivity contribution in [1.82, 2.24) is 24.6 Å². The van der Waals surface area contributed by atoms with Gasteiger partial charge in [0.15, 0.2) is 5.82 Å². The minimum atomic E-state index is -1.00. The molecule has 2 aliphatic rings. The number of morpholine rings is 1. The lowest BCUT2D eigenvalue weighted by atomic mass is 9.85. The number of anilines is 1. The summed E-state index contributed by atoms with van der Waals surface area (Å²) < 4.78 is 22.7. The Hall–Kier alpha value is -2.66. The molecular formula is C26H35FN6O3. The van der Waals surface area contributed by atoms with E-state index in [1.165, 1.54) is 0 Å². The maximum Gasteiger partial charge on any atom is 0.159 e. The number of β-amino-alcohol motifs (C(OH)–C–C–N with tert-alkyl or cyclic N) is 1. The molecule has 1 aromatic carbocycles. The zero-order valence-corrected chi connectivity index (χ0v) is 21.1. The minimum Gasteiger partial charge on any atom is -0.394 e. The molecule has 10 heteroatoms. The van der Waals surface area contributed by atoms with Crippen LogP contribution in [0.5, 0.6) is 0 Å². The molecule has 0 spiro atoms. The summed E-state index contributed by atoms with van der Waals surface area (Å²) in [5, 5.41) is 24.8. The van der Waals surface area contributed by atoms with Crippen molar-refractivity contribution in [3.05, 3.63) is 41.3 Å². The summed E-state index contributed by atoms with van der Waals surface area (Å²) in [7, 11) is 0. The fourth-order valence-corrected chi connectivity index (χ4v) is 5.49. The van der Waals surface area contributed by atoms with Crippen molar-refractivity contribution in [3.8, 4) is 5.82 Å². The number of hydrogen-bond acceptors (Lipinski definition) is 8. The summed E-state index contributed by atoms with van der Waals surface area (Å²) in [5.41, 5.74) is 2.94. The molecule has 3 aromatic rings. The summed E-state index contributed by atoms with van der Waals surface area (Å²) in [4.78, 5) is 13.4. The molecule has 0 amide bonds. The average Bonchev–Trinajstić information content (AvgIpc) is 3.26. The van der Waals surface area contributed by atoms with Crippen molar-refractivity contribution in [2.24, 2.45) is 0 Å². The van der Waals surface area contributed by atoms with Crippen molar-refractivity contribution in [2.75, 3.05) is 50.8 Å². The SMILES string of the molecule is Cc1nc(N2CCO[C@H](CO)C2)cc(-n2ncc3cc(C)c([C@H]4CCN(CC(C)O)C[C@H]4F)cc32)n1. The van der Waals surface area contributed by atoms with Crippen molar-refractivity contribution < 1.29 is 19.3 Å². The molecule has 2 fully saturated rings. The minimum absolute atomic E-state index is 0.0349. The Morgan fingerprint density at radius 2 is 1.94 bits per heavy atom. The number of fused-ring (bicyclic) bond motifs is 1. The number of hydrogen-bond donors (Lipinski definition) is 2. The van der Waals surface area contributed by atoms with Gasteiger partial charge in [-0.1, -0.05) is 0 Å². The van der Waals surface area contributed by atoms with Gasteiger partial charge in [-0.25, -0.2) is 19.0 Å². The molecule has 0 radical (unpaired) electrons. The molecule has 0 saturated carbocycles. The lowest BCUT2D eigenvalue weighted by Crippen LogP contribution is -2.44. The predicted molar refractivity (Wildman–Crippen MR) is 136 cm³/mol. The number of aliphatic hydroxyl groups excluding tert-OH is 2. The average molecular weight is 499 g/mol. The number of ether oxygens (including phenoxy) is 1. The van der Waals surface area contributed by atoms with E-state index < -0.39 is 12.3 Å². The van der Waals surface area contributed by atoms with Crippen LogP contribution >= 0.6 is 0 Å². The van der Waals surface area contributed by atoms with Crippen molar-refractivity contribution >= 4 is 16.7 Å². The number of likely N-dealkylation sites (tertiary alicyclic amines) is 1. The molecule has 2 saturated heterocycles. The Balaban J connectivity index is 1.47. The normalized spacial score (nSPS) is 24.4. The van der Waals surface area contributed by atoms with Crippen LogP contribution in [0, 0.1) is 13.8 Å². The first kappa shape index (κ1) is 25.0. The quantitative estimate of drug-likeness (QED) is 0.533. The first-order valence-corrected chi connectivity index (χ1v) is 12.7. The van der Waals surface area contributed by atoms with Crippen LogP contribution in [0.25, 0.3) is 16.7 Å². The lowest BCUT2D eigenvalue weighted by molar-refractivity contribution is 0.00335. The van der Waals surface area contributed by atoms with E-state index in [4.69, 9.17) is 4.74 Å². The fourth-order valence-electron chi connectivity index (χ4n) is 5.49.